The molecule has 1 fully saturated rings. The molecule has 6 nitrogen and oxygen atoms in total. The summed E-state index contributed by atoms with van der Waals surface area (Å²) in [5.74, 6) is 0.605. The number of rotatable bonds is 4. The van der Waals surface area contributed by atoms with E-state index in [1.165, 1.54) is 24.8 Å². The van der Waals surface area contributed by atoms with Crippen LogP contribution in [0.4, 0.5) is 0 Å². The van der Waals surface area contributed by atoms with Gasteiger partial charge in [-0.15, -0.1) is 0 Å². The summed E-state index contributed by atoms with van der Waals surface area (Å²) in [5, 5.41) is 3.35. The second-order valence-corrected chi connectivity index (χ2v) is 10.4. The molecule has 1 aliphatic heterocycles. The minimum Gasteiger partial charge on any atom is -0.460 e. The number of aromatic nitrogens is 1. The van der Waals surface area contributed by atoms with E-state index in [-0.39, 0.29) is 17.9 Å². The van der Waals surface area contributed by atoms with Crippen molar-refractivity contribution >= 4 is 22.9 Å². The smallest absolute Gasteiger partial charge is 0.271 e. The molecule has 6 heteroatoms. The van der Waals surface area contributed by atoms with Crippen molar-refractivity contribution in [2.75, 3.05) is 0 Å². The summed E-state index contributed by atoms with van der Waals surface area (Å²) in [5.41, 5.74) is 3.33. The van der Waals surface area contributed by atoms with Crippen LogP contribution in [0.15, 0.2) is 40.8 Å². The fourth-order valence-corrected chi connectivity index (χ4v) is 5.53. The lowest BCUT2D eigenvalue weighted by molar-refractivity contribution is -0.134. The molecule has 1 aliphatic carbocycles. The summed E-state index contributed by atoms with van der Waals surface area (Å²) in [6, 6.07) is 12.1. The number of aryl methyl sites for hydroxylation is 2. The summed E-state index contributed by atoms with van der Waals surface area (Å²) in [6.07, 6.45) is 8.04. The first-order valence-corrected chi connectivity index (χ1v) is 12.6. The summed E-state index contributed by atoms with van der Waals surface area (Å²) >= 11 is 0. The number of furan rings is 1. The zero-order chi connectivity index (χ0) is 23.9. The summed E-state index contributed by atoms with van der Waals surface area (Å²) in [4.78, 5) is 29.5. The Kier molecular flexibility index (Phi) is 6.00. The average molecular weight is 462 g/mol. The molecule has 0 radical (unpaired) electrons. The first-order chi connectivity index (χ1) is 16.3. The number of benzene rings is 1. The lowest BCUT2D eigenvalue weighted by Crippen LogP contribution is -2.64. The standard InChI is InChI=1S/C28H35N3O3/c1-19-11-13-21(14-12-19)17-31-26(32)24-16-25-23(15-20(2)34-25)30(24)18-28(31,3)27(33)29-22-9-7-5-4-6-8-10-22/h11-16,22H,4-10,17-18H2,1-3H3,(H,29,33)/t28-/m1/s1. The van der Waals surface area contributed by atoms with Gasteiger partial charge in [-0.25, -0.2) is 0 Å². The molecule has 1 aromatic carbocycles. The van der Waals surface area contributed by atoms with Gasteiger partial charge in [-0.05, 0) is 39.2 Å². The van der Waals surface area contributed by atoms with Gasteiger partial charge in [0.15, 0.2) is 5.58 Å². The molecular weight excluding hydrogens is 426 g/mol. The molecule has 3 heterocycles. The lowest BCUT2D eigenvalue weighted by atomic mass is 9.91. The molecular formula is C28H35N3O3. The molecule has 0 bridgehead atoms. The minimum atomic E-state index is -1.01. The maximum atomic E-state index is 13.9. The van der Waals surface area contributed by atoms with Gasteiger partial charge < -0.3 is 19.2 Å². The third-order valence-electron chi connectivity index (χ3n) is 7.63. The van der Waals surface area contributed by atoms with Crippen LogP contribution < -0.4 is 5.32 Å². The number of nitrogens with one attached hydrogen (secondary N) is 1. The predicted molar refractivity (Wildman–Crippen MR) is 133 cm³/mol. The summed E-state index contributed by atoms with van der Waals surface area (Å²) in [6.45, 7) is 6.66. The van der Waals surface area contributed by atoms with Crippen LogP contribution in [0.25, 0.3) is 11.1 Å². The van der Waals surface area contributed by atoms with Gasteiger partial charge in [0.05, 0.1) is 12.1 Å². The van der Waals surface area contributed by atoms with E-state index < -0.39 is 5.54 Å². The van der Waals surface area contributed by atoms with Gasteiger partial charge in [-0.1, -0.05) is 61.9 Å². The molecule has 1 atom stereocenters. The summed E-state index contributed by atoms with van der Waals surface area (Å²) < 4.78 is 7.79. The zero-order valence-electron chi connectivity index (χ0n) is 20.5. The van der Waals surface area contributed by atoms with Crippen LogP contribution in [0.5, 0.6) is 0 Å². The Morgan fingerprint density at radius 1 is 1.06 bits per heavy atom. The van der Waals surface area contributed by atoms with Crippen molar-refractivity contribution in [2.45, 2.75) is 90.4 Å². The molecule has 3 aromatic rings. The normalized spacial score (nSPS) is 21.9. The van der Waals surface area contributed by atoms with E-state index >= 15 is 0 Å². The number of carbonyl (C=O) groups excluding carboxylic acids is 2. The number of fused-ring (bicyclic) bond motifs is 3. The van der Waals surface area contributed by atoms with Crippen molar-refractivity contribution in [1.29, 1.82) is 0 Å². The predicted octanol–water partition coefficient (Wildman–Crippen LogP) is 5.49. The molecule has 1 N–H and O–H groups in total. The van der Waals surface area contributed by atoms with Crippen LogP contribution in [0.2, 0.25) is 0 Å². The third-order valence-corrected chi connectivity index (χ3v) is 7.63. The molecule has 2 aromatic heterocycles. The van der Waals surface area contributed by atoms with E-state index in [1.54, 1.807) is 4.90 Å². The van der Waals surface area contributed by atoms with Gasteiger partial charge in [0.2, 0.25) is 5.91 Å². The van der Waals surface area contributed by atoms with E-state index in [4.69, 9.17) is 4.42 Å². The Bertz CT molecular complexity index is 1200. The fourth-order valence-electron chi connectivity index (χ4n) is 5.53. The monoisotopic (exact) mass is 461 g/mol. The molecule has 5 rings (SSSR count). The molecule has 2 aliphatic rings. The second kappa shape index (κ2) is 8.97. The van der Waals surface area contributed by atoms with Crippen molar-refractivity contribution in [3.63, 3.8) is 0 Å². The third kappa shape index (κ3) is 4.15. The van der Waals surface area contributed by atoms with Crippen LogP contribution in [-0.2, 0) is 17.9 Å². The Morgan fingerprint density at radius 2 is 1.74 bits per heavy atom. The van der Waals surface area contributed by atoms with Gasteiger partial charge in [0, 0.05) is 24.7 Å². The van der Waals surface area contributed by atoms with E-state index in [1.807, 2.05) is 61.7 Å². The van der Waals surface area contributed by atoms with Crippen molar-refractivity contribution in [1.82, 2.24) is 14.8 Å². The lowest BCUT2D eigenvalue weighted by Gasteiger charge is -2.44. The molecule has 34 heavy (non-hydrogen) atoms. The van der Waals surface area contributed by atoms with E-state index in [0.29, 0.717) is 24.4 Å². The maximum absolute atomic E-state index is 13.9. The first-order valence-electron chi connectivity index (χ1n) is 12.6. The van der Waals surface area contributed by atoms with Gasteiger partial charge >= 0.3 is 0 Å². The second-order valence-electron chi connectivity index (χ2n) is 10.4. The highest BCUT2D eigenvalue weighted by atomic mass is 16.3. The Hall–Kier alpha value is -3.02. The molecule has 0 spiro atoms. The van der Waals surface area contributed by atoms with Crippen molar-refractivity contribution < 1.29 is 14.0 Å². The van der Waals surface area contributed by atoms with Crippen LogP contribution in [0.1, 0.15) is 79.2 Å². The van der Waals surface area contributed by atoms with Crippen molar-refractivity contribution in [2.24, 2.45) is 0 Å². The van der Waals surface area contributed by atoms with E-state index in [0.717, 1.165) is 42.5 Å². The average Bonchev–Trinajstić information content (AvgIpc) is 3.31. The maximum Gasteiger partial charge on any atom is 0.271 e. The number of amides is 2. The summed E-state index contributed by atoms with van der Waals surface area (Å²) in [7, 11) is 0. The van der Waals surface area contributed by atoms with Crippen LogP contribution in [0, 0.1) is 13.8 Å². The number of carbonyl (C=O) groups is 2. The highest BCUT2D eigenvalue weighted by Crippen LogP contribution is 2.35. The molecule has 2 amide bonds. The van der Waals surface area contributed by atoms with Crippen LogP contribution in [-0.4, -0.2) is 32.9 Å². The number of hydrogen-bond donors (Lipinski definition) is 1. The molecule has 1 saturated carbocycles. The minimum absolute atomic E-state index is 0.0637. The SMILES string of the molecule is Cc1ccc(CN2C(=O)c3cc4oc(C)cc4n3C[C@]2(C)C(=O)NC2CCCCCCC2)cc1. The molecule has 0 unspecified atom stereocenters. The van der Waals surface area contributed by atoms with Gasteiger partial charge in [-0.3, -0.25) is 9.59 Å². The van der Waals surface area contributed by atoms with Crippen molar-refractivity contribution in [3.05, 3.63) is 59.0 Å². The van der Waals surface area contributed by atoms with Crippen LogP contribution in [0.3, 0.4) is 0 Å². The van der Waals surface area contributed by atoms with E-state index in [9.17, 15) is 9.59 Å². The first kappa shape index (κ1) is 22.8. The quantitative estimate of drug-likeness (QED) is 0.558. The largest absolute Gasteiger partial charge is 0.460 e. The fraction of sp³-hybridized carbons (Fsp3) is 0.500. The Balaban J connectivity index is 1.50. The number of nitrogens with zero attached hydrogens (tertiary/aromatic N) is 2. The molecule has 180 valence electrons. The van der Waals surface area contributed by atoms with Gasteiger partial charge in [0.25, 0.3) is 5.91 Å². The zero-order valence-corrected chi connectivity index (χ0v) is 20.5. The van der Waals surface area contributed by atoms with Gasteiger partial charge in [-0.2, -0.15) is 0 Å². The Labute approximate surface area is 201 Å². The van der Waals surface area contributed by atoms with E-state index in [2.05, 4.69) is 5.32 Å². The highest BCUT2D eigenvalue weighted by Gasteiger charge is 2.48. The van der Waals surface area contributed by atoms with Crippen LogP contribution >= 0.6 is 0 Å². The molecule has 0 saturated heterocycles. The topological polar surface area (TPSA) is 67.5 Å². The number of hydrogen-bond acceptors (Lipinski definition) is 3. The van der Waals surface area contributed by atoms with Crippen molar-refractivity contribution in [3.8, 4) is 0 Å². The highest BCUT2D eigenvalue weighted by molar-refractivity contribution is 6.03. The Morgan fingerprint density at radius 3 is 2.44 bits per heavy atom. The van der Waals surface area contributed by atoms with Gasteiger partial charge in [0.1, 0.15) is 17.0 Å².